The summed E-state index contributed by atoms with van der Waals surface area (Å²) < 4.78 is 5.30. The van der Waals surface area contributed by atoms with Gasteiger partial charge < -0.3 is 9.42 Å². The van der Waals surface area contributed by atoms with E-state index in [2.05, 4.69) is 5.16 Å². The number of amides is 1. The summed E-state index contributed by atoms with van der Waals surface area (Å²) in [5.41, 5.74) is 1.16. The fraction of sp³-hybridized carbons (Fsp3) is 0.176. The number of carbonyl (C=O) groups excluding carboxylic acids is 1. The number of thioether (sulfide) groups is 1. The quantitative estimate of drug-likeness (QED) is 0.492. The van der Waals surface area contributed by atoms with Gasteiger partial charge in [0.25, 0.3) is 11.6 Å². The third-order valence-corrected chi connectivity index (χ3v) is 6.18. The molecule has 7 nitrogen and oxygen atoms in total. The van der Waals surface area contributed by atoms with Gasteiger partial charge in [-0.15, -0.1) is 23.1 Å². The summed E-state index contributed by atoms with van der Waals surface area (Å²) in [7, 11) is 0. The van der Waals surface area contributed by atoms with Gasteiger partial charge in [0.1, 0.15) is 5.37 Å². The molecular formula is C17H13N3O4S2. The lowest BCUT2D eigenvalue weighted by atomic mass is 10.2. The van der Waals surface area contributed by atoms with E-state index in [1.807, 2.05) is 17.5 Å². The molecule has 2 aromatic heterocycles. The molecule has 0 aliphatic carbocycles. The van der Waals surface area contributed by atoms with Crippen LogP contribution < -0.4 is 0 Å². The summed E-state index contributed by atoms with van der Waals surface area (Å²) >= 11 is 3.14. The van der Waals surface area contributed by atoms with E-state index >= 15 is 0 Å². The van der Waals surface area contributed by atoms with Crippen LogP contribution in [-0.2, 0) is 0 Å². The number of nitro groups is 1. The van der Waals surface area contributed by atoms with E-state index in [9.17, 15) is 14.9 Å². The van der Waals surface area contributed by atoms with Gasteiger partial charge in [-0.05, 0) is 29.1 Å². The van der Waals surface area contributed by atoms with Gasteiger partial charge in [0.05, 0.1) is 9.80 Å². The van der Waals surface area contributed by atoms with Crippen LogP contribution >= 0.6 is 23.1 Å². The molecule has 1 aliphatic heterocycles. The number of aromatic nitrogens is 1. The smallest absolute Gasteiger partial charge is 0.277 e. The maximum absolute atomic E-state index is 12.9. The Bertz CT molecular complexity index is 937. The largest absolute Gasteiger partial charge is 0.355 e. The molecule has 1 fully saturated rings. The Morgan fingerprint density at radius 2 is 2.12 bits per heavy atom. The topological polar surface area (TPSA) is 89.5 Å². The van der Waals surface area contributed by atoms with Crippen molar-refractivity contribution in [3.8, 4) is 10.6 Å². The summed E-state index contributed by atoms with van der Waals surface area (Å²) in [4.78, 5) is 25.9. The van der Waals surface area contributed by atoms with Gasteiger partial charge in [0.2, 0.25) is 0 Å². The van der Waals surface area contributed by atoms with Crippen molar-refractivity contribution in [2.75, 3.05) is 12.3 Å². The fourth-order valence-electron chi connectivity index (χ4n) is 2.77. The van der Waals surface area contributed by atoms with Crippen LogP contribution in [0.5, 0.6) is 0 Å². The number of nitro benzene ring substituents is 1. The predicted molar refractivity (Wildman–Crippen MR) is 99.1 cm³/mol. The Morgan fingerprint density at radius 1 is 1.31 bits per heavy atom. The summed E-state index contributed by atoms with van der Waals surface area (Å²) in [6.07, 6.45) is 0. The highest BCUT2D eigenvalue weighted by molar-refractivity contribution is 7.99. The van der Waals surface area contributed by atoms with Crippen molar-refractivity contribution in [2.45, 2.75) is 5.37 Å². The van der Waals surface area contributed by atoms with E-state index in [0.717, 1.165) is 16.2 Å². The van der Waals surface area contributed by atoms with Crippen LogP contribution in [0.15, 0.2) is 52.4 Å². The first-order chi connectivity index (χ1) is 12.6. The van der Waals surface area contributed by atoms with Crippen molar-refractivity contribution in [1.29, 1.82) is 0 Å². The monoisotopic (exact) mass is 387 g/mol. The minimum atomic E-state index is -0.435. The lowest BCUT2D eigenvalue weighted by molar-refractivity contribution is -0.384. The maximum atomic E-state index is 12.9. The van der Waals surface area contributed by atoms with Crippen molar-refractivity contribution in [2.24, 2.45) is 0 Å². The molecule has 132 valence electrons. The number of hydrogen-bond donors (Lipinski definition) is 0. The second kappa shape index (κ2) is 6.93. The van der Waals surface area contributed by atoms with Gasteiger partial charge in [0, 0.05) is 30.5 Å². The summed E-state index contributed by atoms with van der Waals surface area (Å²) in [6.45, 7) is 0.590. The second-order valence-electron chi connectivity index (χ2n) is 5.62. The van der Waals surface area contributed by atoms with Crippen LogP contribution in [-0.4, -0.2) is 33.2 Å². The number of thiophene rings is 1. The predicted octanol–water partition coefficient (Wildman–Crippen LogP) is 4.20. The maximum Gasteiger partial charge on any atom is 0.277 e. The molecule has 0 bridgehead atoms. The zero-order valence-electron chi connectivity index (χ0n) is 13.4. The van der Waals surface area contributed by atoms with Crippen molar-refractivity contribution in [3.05, 3.63) is 69.2 Å². The lowest BCUT2D eigenvalue weighted by Crippen LogP contribution is -2.30. The van der Waals surface area contributed by atoms with Crippen molar-refractivity contribution >= 4 is 34.7 Å². The van der Waals surface area contributed by atoms with Crippen LogP contribution in [0.4, 0.5) is 5.69 Å². The first kappa shape index (κ1) is 16.8. The third kappa shape index (κ3) is 3.11. The zero-order chi connectivity index (χ0) is 18.1. The molecule has 26 heavy (non-hydrogen) atoms. The number of non-ortho nitro benzene ring substituents is 1. The summed E-state index contributed by atoms with van der Waals surface area (Å²) in [5, 5.41) is 16.5. The lowest BCUT2D eigenvalue weighted by Gasteiger charge is -2.23. The molecule has 0 spiro atoms. The molecule has 0 N–H and O–H groups in total. The van der Waals surface area contributed by atoms with Crippen molar-refractivity contribution in [1.82, 2.24) is 10.1 Å². The Hall–Kier alpha value is -2.65. The first-order valence-electron chi connectivity index (χ1n) is 7.81. The molecule has 0 radical (unpaired) electrons. The Morgan fingerprint density at radius 3 is 2.81 bits per heavy atom. The average molecular weight is 387 g/mol. The Labute approximate surface area is 156 Å². The molecule has 0 saturated carbocycles. The van der Waals surface area contributed by atoms with E-state index in [4.69, 9.17) is 4.52 Å². The minimum absolute atomic E-state index is 0.0340. The molecule has 9 heteroatoms. The molecule has 1 unspecified atom stereocenters. The van der Waals surface area contributed by atoms with Gasteiger partial charge in [-0.1, -0.05) is 11.2 Å². The molecule has 3 heterocycles. The van der Waals surface area contributed by atoms with Crippen molar-refractivity contribution in [3.63, 3.8) is 0 Å². The zero-order valence-corrected chi connectivity index (χ0v) is 15.0. The average Bonchev–Trinajstić information content (AvgIpc) is 3.42. The fourth-order valence-corrected chi connectivity index (χ4v) is 4.70. The first-order valence-corrected chi connectivity index (χ1v) is 9.74. The van der Waals surface area contributed by atoms with Gasteiger partial charge >= 0.3 is 0 Å². The number of rotatable bonds is 4. The van der Waals surface area contributed by atoms with E-state index in [0.29, 0.717) is 12.3 Å². The number of carbonyl (C=O) groups is 1. The third-order valence-electron chi connectivity index (χ3n) is 4.03. The SMILES string of the molecule is O=C(c1cc(-c2cccs2)on1)N1CCSC1c1ccc([N+](=O)[O-])cc1. The summed E-state index contributed by atoms with van der Waals surface area (Å²) in [5.74, 6) is 1.16. The molecule has 1 saturated heterocycles. The van der Waals surface area contributed by atoms with Crippen LogP contribution in [0.3, 0.4) is 0 Å². The van der Waals surface area contributed by atoms with Crippen LogP contribution in [0.25, 0.3) is 10.6 Å². The van der Waals surface area contributed by atoms with Crippen LogP contribution in [0.2, 0.25) is 0 Å². The molecule has 1 atom stereocenters. The molecule has 1 aliphatic rings. The van der Waals surface area contributed by atoms with Gasteiger partial charge in [-0.25, -0.2) is 0 Å². The molecular weight excluding hydrogens is 374 g/mol. The summed E-state index contributed by atoms with van der Waals surface area (Å²) in [6, 6.07) is 11.8. The molecule has 4 rings (SSSR count). The highest BCUT2D eigenvalue weighted by atomic mass is 32.2. The number of nitrogens with zero attached hydrogens (tertiary/aromatic N) is 3. The molecule has 1 amide bonds. The molecule has 3 aromatic rings. The Balaban J connectivity index is 1.56. The Kier molecular flexibility index (Phi) is 4.48. The van der Waals surface area contributed by atoms with E-state index in [-0.39, 0.29) is 22.7 Å². The van der Waals surface area contributed by atoms with E-state index in [1.54, 1.807) is 34.9 Å². The van der Waals surface area contributed by atoms with Crippen LogP contribution in [0, 0.1) is 10.1 Å². The van der Waals surface area contributed by atoms with Gasteiger partial charge in [-0.3, -0.25) is 14.9 Å². The highest BCUT2D eigenvalue weighted by Crippen LogP contribution is 2.39. The van der Waals surface area contributed by atoms with E-state index < -0.39 is 4.92 Å². The van der Waals surface area contributed by atoms with Crippen LogP contribution in [0.1, 0.15) is 21.4 Å². The van der Waals surface area contributed by atoms with E-state index in [1.165, 1.54) is 23.5 Å². The minimum Gasteiger partial charge on any atom is -0.355 e. The van der Waals surface area contributed by atoms with Gasteiger partial charge in [-0.2, -0.15) is 0 Å². The van der Waals surface area contributed by atoms with Gasteiger partial charge in [0.15, 0.2) is 11.5 Å². The van der Waals surface area contributed by atoms with Crippen molar-refractivity contribution < 1.29 is 14.2 Å². The number of hydrogen-bond acceptors (Lipinski definition) is 7. The number of benzene rings is 1. The normalized spacial score (nSPS) is 16.8. The standard InChI is InChI=1S/C17H13N3O4S2/c21-16(13-10-14(24-18-13)15-2-1-8-25-15)19-7-9-26-17(19)11-3-5-12(6-4-11)20(22)23/h1-6,8,10,17H,7,9H2. The highest BCUT2D eigenvalue weighted by Gasteiger charge is 2.33. The molecule has 1 aromatic carbocycles. The second-order valence-corrected chi connectivity index (χ2v) is 7.76.